The minimum absolute atomic E-state index is 0.00196. The quantitative estimate of drug-likeness (QED) is 0.133. The monoisotopic (exact) mass is 520 g/mol. The minimum atomic E-state index is -0.249. The first-order valence-electron chi connectivity index (χ1n) is 14.9. The van der Waals surface area contributed by atoms with Crippen LogP contribution in [-0.2, 0) is 4.74 Å². The topological polar surface area (TPSA) is 60.2 Å². The number of benzene rings is 2. The largest absolute Gasteiger partial charge is 0.494 e. The summed E-state index contributed by atoms with van der Waals surface area (Å²) in [7, 11) is 0. The summed E-state index contributed by atoms with van der Waals surface area (Å²) < 4.78 is 11.8. The van der Waals surface area contributed by atoms with E-state index in [-0.39, 0.29) is 12.1 Å². The molecule has 0 spiro atoms. The van der Waals surface area contributed by atoms with Crippen molar-refractivity contribution in [2.24, 2.45) is 28.0 Å². The average molecular weight is 521 g/mol. The van der Waals surface area contributed by atoms with Crippen molar-refractivity contribution in [2.45, 2.75) is 104 Å². The van der Waals surface area contributed by atoms with E-state index in [9.17, 15) is 4.79 Å². The van der Waals surface area contributed by atoms with Gasteiger partial charge in [0.05, 0.1) is 23.5 Å². The van der Waals surface area contributed by atoms with Crippen LogP contribution in [0.25, 0.3) is 0 Å². The Bertz CT molecular complexity index is 969. The molecular weight excluding hydrogens is 472 g/mol. The molecule has 3 atom stereocenters. The second-order valence-corrected chi connectivity index (χ2v) is 11.3. The molecule has 3 rings (SSSR count). The highest BCUT2D eigenvalue weighted by Crippen LogP contribution is 2.35. The SMILES string of the molecule is CCCCCCCCCCOc1ccc(N=Nc2ccc(C(=O)OC3CC(C)CCC3C(C)C)cc2)cc1. The van der Waals surface area contributed by atoms with Crippen LogP contribution >= 0.6 is 0 Å². The molecule has 2 aromatic rings. The van der Waals surface area contributed by atoms with Crippen molar-refractivity contribution < 1.29 is 14.3 Å². The fourth-order valence-electron chi connectivity index (χ4n) is 5.27. The lowest BCUT2D eigenvalue weighted by atomic mass is 9.75. The van der Waals surface area contributed by atoms with Crippen molar-refractivity contribution in [1.29, 1.82) is 0 Å². The maximum absolute atomic E-state index is 12.8. The second-order valence-electron chi connectivity index (χ2n) is 11.3. The van der Waals surface area contributed by atoms with Gasteiger partial charge in [0.25, 0.3) is 0 Å². The Morgan fingerprint density at radius 2 is 1.42 bits per heavy atom. The molecule has 0 amide bonds. The number of carbonyl (C=O) groups is 1. The number of azo groups is 1. The minimum Gasteiger partial charge on any atom is -0.494 e. The maximum Gasteiger partial charge on any atom is 0.338 e. The molecule has 208 valence electrons. The van der Waals surface area contributed by atoms with Crippen molar-refractivity contribution in [3.8, 4) is 5.75 Å². The summed E-state index contributed by atoms with van der Waals surface area (Å²) in [5.41, 5.74) is 2.02. The number of hydrogen-bond donors (Lipinski definition) is 0. The normalized spacial score (nSPS) is 19.7. The summed E-state index contributed by atoms with van der Waals surface area (Å²) in [5, 5.41) is 8.65. The molecule has 0 aliphatic heterocycles. The predicted octanol–water partition coefficient (Wildman–Crippen LogP) is 10.2. The van der Waals surface area contributed by atoms with E-state index in [1.54, 1.807) is 12.1 Å². The van der Waals surface area contributed by atoms with Crippen LogP contribution in [0.2, 0.25) is 0 Å². The van der Waals surface area contributed by atoms with Gasteiger partial charge in [-0.2, -0.15) is 10.2 Å². The van der Waals surface area contributed by atoms with Gasteiger partial charge in [-0.25, -0.2) is 4.79 Å². The first-order chi connectivity index (χ1) is 18.5. The molecule has 0 radical (unpaired) electrons. The molecular formula is C33H48N2O3. The lowest BCUT2D eigenvalue weighted by molar-refractivity contribution is -0.0174. The van der Waals surface area contributed by atoms with Gasteiger partial charge >= 0.3 is 5.97 Å². The summed E-state index contributed by atoms with van der Waals surface area (Å²) in [6, 6.07) is 14.9. The van der Waals surface area contributed by atoms with Gasteiger partial charge < -0.3 is 9.47 Å². The summed E-state index contributed by atoms with van der Waals surface area (Å²) in [5.74, 6) is 2.16. The van der Waals surface area contributed by atoms with Crippen LogP contribution in [-0.4, -0.2) is 18.7 Å². The van der Waals surface area contributed by atoms with Crippen LogP contribution in [0.4, 0.5) is 11.4 Å². The standard InChI is InChI=1S/C33H48N2O3/c1-5-6-7-8-9-10-11-12-23-37-30-20-18-29(19-21-30)35-34-28-16-14-27(15-17-28)33(36)38-32-24-26(4)13-22-31(32)25(2)3/h14-21,25-26,31-32H,5-13,22-24H2,1-4H3. The number of unbranched alkanes of at least 4 members (excludes halogenated alkanes) is 7. The van der Waals surface area contributed by atoms with Crippen molar-refractivity contribution in [2.75, 3.05) is 6.61 Å². The third-order valence-electron chi connectivity index (χ3n) is 7.71. The molecule has 0 saturated heterocycles. The highest BCUT2D eigenvalue weighted by atomic mass is 16.5. The zero-order chi connectivity index (χ0) is 27.2. The van der Waals surface area contributed by atoms with Crippen molar-refractivity contribution in [3.05, 3.63) is 54.1 Å². The van der Waals surface area contributed by atoms with E-state index in [4.69, 9.17) is 9.47 Å². The first-order valence-corrected chi connectivity index (χ1v) is 14.9. The Kier molecular flexibility index (Phi) is 12.8. The Balaban J connectivity index is 1.40. The third kappa shape index (κ3) is 10.2. The van der Waals surface area contributed by atoms with Gasteiger partial charge in [0.15, 0.2) is 0 Å². The summed E-state index contributed by atoms with van der Waals surface area (Å²) in [6.45, 7) is 9.70. The molecule has 1 fully saturated rings. The fraction of sp³-hybridized carbons (Fsp3) is 0.606. The number of ether oxygens (including phenoxy) is 2. The molecule has 0 bridgehead atoms. The highest BCUT2D eigenvalue weighted by molar-refractivity contribution is 5.89. The lowest BCUT2D eigenvalue weighted by Crippen LogP contribution is -2.35. The van der Waals surface area contributed by atoms with Gasteiger partial charge in [0.1, 0.15) is 11.9 Å². The van der Waals surface area contributed by atoms with Crippen LogP contribution in [0.15, 0.2) is 58.8 Å². The molecule has 0 N–H and O–H groups in total. The van der Waals surface area contributed by atoms with Crippen molar-refractivity contribution >= 4 is 17.3 Å². The highest BCUT2D eigenvalue weighted by Gasteiger charge is 2.33. The molecule has 5 nitrogen and oxygen atoms in total. The van der Waals surface area contributed by atoms with Crippen LogP contribution < -0.4 is 4.74 Å². The first kappa shape index (κ1) is 29.9. The average Bonchev–Trinajstić information content (AvgIpc) is 2.92. The molecule has 1 saturated carbocycles. The summed E-state index contributed by atoms with van der Waals surface area (Å²) >= 11 is 0. The Hall–Kier alpha value is -2.69. The van der Waals surface area contributed by atoms with Gasteiger partial charge in [-0.15, -0.1) is 0 Å². The van der Waals surface area contributed by atoms with Crippen LogP contribution in [0.3, 0.4) is 0 Å². The lowest BCUT2D eigenvalue weighted by Gasteiger charge is -2.36. The molecule has 0 aromatic heterocycles. The number of rotatable bonds is 15. The zero-order valence-corrected chi connectivity index (χ0v) is 24.0. The Labute approximate surface area is 230 Å². The molecule has 1 aliphatic rings. The summed E-state index contributed by atoms with van der Waals surface area (Å²) in [4.78, 5) is 12.8. The molecule has 1 aliphatic carbocycles. The number of esters is 1. The van der Waals surface area contributed by atoms with Crippen molar-refractivity contribution in [1.82, 2.24) is 0 Å². The number of nitrogens with zero attached hydrogens (tertiary/aromatic N) is 2. The van der Waals surface area contributed by atoms with E-state index in [1.165, 1.54) is 51.4 Å². The molecule has 0 heterocycles. The van der Waals surface area contributed by atoms with Crippen LogP contribution in [0.5, 0.6) is 5.75 Å². The molecule has 5 heteroatoms. The Morgan fingerprint density at radius 1 is 0.842 bits per heavy atom. The molecule has 38 heavy (non-hydrogen) atoms. The third-order valence-corrected chi connectivity index (χ3v) is 7.71. The molecule has 2 aromatic carbocycles. The van der Waals surface area contributed by atoms with E-state index < -0.39 is 0 Å². The second kappa shape index (κ2) is 16.3. The maximum atomic E-state index is 12.8. The predicted molar refractivity (Wildman–Crippen MR) is 156 cm³/mol. The van der Waals surface area contributed by atoms with E-state index in [2.05, 4.69) is 37.9 Å². The molecule has 3 unspecified atom stereocenters. The number of carbonyl (C=O) groups excluding carboxylic acids is 1. The van der Waals surface area contributed by atoms with Crippen LogP contribution in [0.1, 0.15) is 109 Å². The van der Waals surface area contributed by atoms with Crippen LogP contribution in [0, 0.1) is 17.8 Å². The Morgan fingerprint density at radius 3 is 2.03 bits per heavy atom. The zero-order valence-electron chi connectivity index (χ0n) is 24.0. The van der Waals surface area contributed by atoms with E-state index >= 15 is 0 Å². The van der Waals surface area contributed by atoms with Gasteiger partial charge in [-0.05, 0) is 85.5 Å². The number of hydrogen-bond acceptors (Lipinski definition) is 5. The summed E-state index contributed by atoms with van der Waals surface area (Å²) in [6.07, 6.45) is 13.6. The van der Waals surface area contributed by atoms with Gasteiger partial charge in [0, 0.05) is 0 Å². The van der Waals surface area contributed by atoms with Gasteiger partial charge in [-0.1, -0.05) is 79.1 Å². The van der Waals surface area contributed by atoms with E-state index in [0.29, 0.717) is 29.0 Å². The van der Waals surface area contributed by atoms with Gasteiger partial charge in [-0.3, -0.25) is 0 Å². The van der Waals surface area contributed by atoms with E-state index in [1.807, 2.05) is 36.4 Å². The van der Waals surface area contributed by atoms with Gasteiger partial charge in [0.2, 0.25) is 0 Å². The van der Waals surface area contributed by atoms with Crippen molar-refractivity contribution in [3.63, 3.8) is 0 Å². The smallest absolute Gasteiger partial charge is 0.338 e. The fourth-order valence-corrected chi connectivity index (χ4v) is 5.27. The van der Waals surface area contributed by atoms with E-state index in [0.717, 1.165) is 37.3 Å².